The summed E-state index contributed by atoms with van der Waals surface area (Å²) in [6.45, 7) is 3.99. The second-order valence-electron chi connectivity index (χ2n) is 3.66. The van der Waals surface area contributed by atoms with E-state index < -0.39 is 5.97 Å². The van der Waals surface area contributed by atoms with Crippen LogP contribution in [-0.2, 0) is 4.74 Å². The first kappa shape index (κ1) is 12.6. The highest BCUT2D eigenvalue weighted by Gasteiger charge is 2.18. The lowest BCUT2D eigenvalue weighted by Gasteiger charge is -2.06. The first-order chi connectivity index (χ1) is 8.65. The summed E-state index contributed by atoms with van der Waals surface area (Å²) in [4.78, 5) is 15.9. The van der Waals surface area contributed by atoms with Gasteiger partial charge >= 0.3 is 5.97 Å². The zero-order valence-electron chi connectivity index (χ0n) is 10.1. The van der Waals surface area contributed by atoms with Crippen LogP contribution < -0.4 is 0 Å². The molecular weight excluding hydrogens is 250 g/mol. The molecule has 0 N–H and O–H groups in total. The molecule has 0 unspecified atom stereocenters. The number of aromatic nitrogens is 3. The lowest BCUT2D eigenvalue weighted by atomic mass is 10.3. The first-order valence-electron chi connectivity index (χ1n) is 5.51. The van der Waals surface area contributed by atoms with E-state index in [0.717, 1.165) is 5.56 Å². The Labute approximate surface area is 110 Å². The zero-order valence-corrected chi connectivity index (χ0v) is 11.0. The Morgan fingerprint density at radius 1 is 1.56 bits per heavy atom. The van der Waals surface area contributed by atoms with Gasteiger partial charge in [-0.05, 0) is 25.5 Å². The monoisotopic (exact) mass is 263 g/mol. The fraction of sp³-hybridized carbons (Fsp3) is 0.250. The van der Waals surface area contributed by atoms with Crippen molar-refractivity contribution >= 4 is 18.6 Å². The molecule has 0 radical (unpaired) electrons. The summed E-state index contributed by atoms with van der Waals surface area (Å²) in [6.07, 6.45) is 3.11. The fourth-order valence-corrected chi connectivity index (χ4v) is 1.84. The van der Waals surface area contributed by atoms with Crippen molar-refractivity contribution in [3.8, 4) is 5.82 Å². The summed E-state index contributed by atoms with van der Waals surface area (Å²) >= 11 is 4.31. The highest BCUT2D eigenvalue weighted by atomic mass is 32.1. The average molecular weight is 263 g/mol. The normalized spacial score (nSPS) is 10.4. The number of nitrogens with zero attached hydrogens (tertiary/aromatic N) is 3. The van der Waals surface area contributed by atoms with E-state index in [1.165, 1.54) is 10.9 Å². The number of carbonyl (C=O) groups is 1. The molecule has 0 aromatic carbocycles. The Morgan fingerprint density at radius 3 is 3.00 bits per heavy atom. The van der Waals surface area contributed by atoms with Crippen LogP contribution in [0.4, 0.5) is 0 Å². The van der Waals surface area contributed by atoms with Crippen LogP contribution in [0, 0.1) is 6.92 Å². The Bertz CT molecular complexity index is 580. The van der Waals surface area contributed by atoms with E-state index in [1.807, 2.05) is 19.1 Å². The first-order valence-corrected chi connectivity index (χ1v) is 5.96. The third-order valence-electron chi connectivity index (χ3n) is 2.42. The maximum Gasteiger partial charge on any atom is 0.342 e. The van der Waals surface area contributed by atoms with Crippen molar-refractivity contribution in [1.82, 2.24) is 14.8 Å². The van der Waals surface area contributed by atoms with Gasteiger partial charge in [-0.15, -0.1) is 12.6 Å². The van der Waals surface area contributed by atoms with E-state index in [1.54, 1.807) is 13.1 Å². The quantitative estimate of drug-likeness (QED) is 0.680. The maximum absolute atomic E-state index is 11.7. The molecule has 0 amide bonds. The van der Waals surface area contributed by atoms with Crippen LogP contribution >= 0.6 is 12.6 Å². The highest BCUT2D eigenvalue weighted by molar-refractivity contribution is 7.80. The van der Waals surface area contributed by atoms with E-state index in [9.17, 15) is 4.79 Å². The summed E-state index contributed by atoms with van der Waals surface area (Å²) < 4.78 is 6.45. The van der Waals surface area contributed by atoms with Crippen LogP contribution in [0.5, 0.6) is 0 Å². The Morgan fingerprint density at radius 2 is 2.33 bits per heavy atom. The third-order valence-corrected chi connectivity index (χ3v) is 2.85. The van der Waals surface area contributed by atoms with Crippen molar-refractivity contribution < 1.29 is 9.53 Å². The summed E-state index contributed by atoms with van der Waals surface area (Å²) in [5.74, 6) is 0.223. The number of pyridine rings is 1. The van der Waals surface area contributed by atoms with Gasteiger partial charge in [-0.1, -0.05) is 6.07 Å². The van der Waals surface area contributed by atoms with E-state index in [0.29, 0.717) is 23.0 Å². The average Bonchev–Trinajstić information content (AvgIpc) is 2.72. The largest absolute Gasteiger partial charge is 0.462 e. The molecule has 0 spiro atoms. The molecule has 0 fully saturated rings. The molecule has 0 aliphatic heterocycles. The van der Waals surface area contributed by atoms with Gasteiger partial charge in [0.05, 0.1) is 12.8 Å². The SMILES string of the molecule is CCOC(=O)c1cnn(-c2ncccc2C)c1S. The van der Waals surface area contributed by atoms with Crippen molar-refractivity contribution in [2.45, 2.75) is 18.9 Å². The molecular formula is C12H13N3O2S. The van der Waals surface area contributed by atoms with Crippen molar-refractivity contribution in [2.24, 2.45) is 0 Å². The molecule has 2 aromatic rings. The highest BCUT2D eigenvalue weighted by Crippen LogP contribution is 2.19. The predicted molar refractivity (Wildman–Crippen MR) is 69.3 cm³/mol. The molecule has 0 aliphatic carbocycles. The number of rotatable bonds is 3. The summed E-state index contributed by atoms with van der Waals surface area (Å²) in [5.41, 5.74) is 1.29. The van der Waals surface area contributed by atoms with Crippen molar-refractivity contribution in [3.05, 3.63) is 35.7 Å². The summed E-state index contributed by atoms with van der Waals surface area (Å²) in [7, 11) is 0. The van der Waals surface area contributed by atoms with Crippen LogP contribution in [0.25, 0.3) is 5.82 Å². The molecule has 0 atom stereocenters. The molecule has 6 heteroatoms. The Hall–Kier alpha value is -1.82. The van der Waals surface area contributed by atoms with Crippen LogP contribution in [-0.4, -0.2) is 27.3 Å². The molecule has 0 aliphatic rings. The van der Waals surface area contributed by atoms with E-state index in [-0.39, 0.29) is 0 Å². The van der Waals surface area contributed by atoms with Gasteiger partial charge in [-0.3, -0.25) is 0 Å². The predicted octanol–water partition coefficient (Wildman–Crippen LogP) is 2.04. The number of hydrogen-bond acceptors (Lipinski definition) is 5. The molecule has 0 bridgehead atoms. The fourth-order valence-electron chi connectivity index (χ4n) is 1.55. The molecule has 2 aromatic heterocycles. The molecule has 94 valence electrons. The third kappa shape index (κ3) is 2.24. The van der Waals surface area contributed by atoms with Gasteiger partial charge in [-0.2, -0.15) is 5.10 Å². The number of hydrogen-bond donors (Lipinski definition) is 1. The van der Waals surface area contributed by atoms with E-state index in [4.69, 9.17) is 4.74 Å². The molecule has 0 saturated heterocycles. The second-order valence-corrected chi connectivity index (χ2v) is 4.08. The molecule has 2 heterocycles. The van der Waals surface area contributed by atoms with Crippen LogP contribution in [0.1, 0.15) is 22.8 Å². The molecule has 18 heavy (non-hydrogen) atoms. The zero-order chi connectivity index (χ0) is 13.1. The topological polar surface area (TPSA) is 57.0 Å². The molecule has 5 nitrogen and oxygen atoms in total. The number of carbonyl (C=O) groups excluding carboxylic acids is 1. The maximum atomic E-state index is 11.7. The lowest BCUT2D eigenvalue weighted by molar-refractivity contribution is 0.0522. The van der Waals surface area contributed by atoms with Gasteiger partial charge in [0.2, 0.25) is 0 Å². The van der Waals surface area contributed by atoms with Crippen molar-refractivity contribution in [3.63, 3.8) is 0 Å². The Balaban J connectivity index is 2.43. The van der Waals surface area contributed by atoms with Crippen LogP contribution in [0.3, 0.4) is 0 Å². The van der Waals surface area contributed by atoms with Crippen LogP contribution in [0.2, 0.25) is 0 Å². The minimum Gasteiger partial charge on any atom is -0.462 e. The van der Waals surface area contributed by atoms with Gasteiger partial charge in [0.25, 0.3) is 0 Å². The molecule has 0 saturated carbocycles. The summed E-state index contributed by atoms with van der Waals surface area (Å²) in [5, 5.41) is 4.55. The standard InChI is InChI=1S/C12H13N3O2S/c1-3-17-12(16)9-7-14-15(11(9)18)10-8(2)5-4-6-13-10/h4-7,18H,3H2,1-2H3. The van der Waals surface area contributed by atoms with Gasteiger partial charge in [-0.25, -0.2) is 14.5 Å². The van der Waals surface area contributed by atoms with Crippen LogP contribution in [0.15, 0.2) is 29.6 Å². The molecule has 2 rings (SSSR count). The minimum absolute atomic E-state index is 0.319. The van der Waals surface area contributed by atoms with Crippen molar-refractivity contribution in [1.29, 1.82) is 0 Å². The van der Waals surface area contributed by atoms with E-state index in [2.05, 4.69) is 22.7 Å². The number of esters is 1. The van der Waals surface area contributed by atoms with Gasteiger partial charge in [0.15, 0.2) is 5.82 Å². The lowest BCUT2D eigenvalue weighted by Crippen LogP contribution is -2.06. The second kappa shape index (κ2) is 5.22. The van der Waals surface area contributed by atoms with Gasteiger partial charge in [0, 0.05) is 6.20 Å². The summed E-state index contributed by atoms with van der Waals surface area (Å²) in [6, 6.07) is 3.76. The minimum atomic E-state index is -0.428. The van der Waals surface area contributed by atoms with Gasteiger partial charge < -0.3 is 4.74 Å². The van der Waals surface area contributed by atoms with E-state index >= 15 is 0 Å². The van der Waals surface area contributed by atoms with Gasteiger partial charge in [0.1, 0.15) is 10.6 Å². The van der Waals surface area contributed by atoms with Crippen molar-refractivity contribution in [2.75, 3.05) is 6.61 Å². The smallest absolute Gasteiger partial charge is 0.342 e. The number of ether oxygens (including phenoxy) is 1. The number of aryl methyl sites for hydroxylation is 1. The Kier molecular flexibility index (Phi) is 3.66. The number of thiol groups is 1.